The molecule has 1 amide bonds. The highest BCUT2D eigenvalue weighted by Gasteiger charge is 2.58. The Hall–Kier alpha value is -2.11. The number of ether oxygens (including phenoxy) is 1. The summed E-state index contributed by atoms with van der Waals surface area (Å²) in [5.74, 6) is -3.00. The normalized spacial score (nSPS) is 25.6. The minimum atomic E-state index is -1.62. The lowest BCUT2D eigenvalue weighted by Crippen LogP contribution is -2.53. The van der Waals surface area contributed by atoms with Crippen LogP contribution in [0.2, 0.25) is 10.0 Å². The van der Waals surface area contributed by atoms with Gasteiger partial charge in [-0.05, 0) is 48.4 Å². The molecule has 2 aromatic rings. The Labute approximate surface area is 249 Å². The summed E-state index contributed by atoms with van der Waals surface area (Å²) in [6, 6.07) is 6.85. The molecule has 0 saturated carbocycles. The summed E-state index contributed by atoms with van der Waals surface area (Å²) in [5.41, 5.74) is 6.55. The van der Waals surface area contributed by atoms with Gasteiger partial charge in [0.15, 0.2) is 0 Å². The second-order valence-electron chi connectivity index (χ2n) is 11.4. The molecule has 4 rings (SSSR count). The molecule has 0 radical (unpaired) electrons. The number of hydrogen-bond donors (Lipinski definition) is 5. The smallest absolute Gasteiger partial charge is 0.237 e. The zero-order chi connectivity index (χ0) is 29.9. The van der Waals surface area contributed by atoms with Gasteiger partial charge in [-0.3, -0.25) is 4.79 Å². The summed E-state index contributed by atoms with van der Waals surface area (Å²) in [7, 11) is 0. The van der Waals surface area contributed by atoms with Crippen LogP contribution in [-0.2, 0) is 15.1 Å². The SMILES string of the molecule is CC(C)(CC1NC(C(=O)NCCC(O)CO)C(c2cccc(Cl)c2F)C1(N)c1ccc(Cl)cc1F)C1=CCOCC1. The fourth-order valence-corrected chi connectivity index (χ4v) is 6.48. The molecule has 0 aliphatic carbocycles. The van der Waals surface area contributed by atoms with Crippen molar-refractivity contribution < 1.29 is 28.5 Å². The minimum absolute atomic E-state index is 0.0550. The fraction of sp³-hybridized carbons (Fsp3) is 0.500. The highest BCUT2D eigenvalue weighted by atomic mass is 35.5. The second kappa shape index (κ2) is 13.0. The van der Waals surface area contributed by atoms with Gasteiger partial charge in [0, 0.05) is 29.1 Å². The summed E-state index contributed by atoms with van der Waals surface area (Å²) in [6.07, 6.45) is 2.24. The van der Waals surface area contributed by atoms with Gasteiger partial charge in [-0.15, -0.1) is 0 Å². The van der Waals surface area contributed by atoms with Crippen LogP contribution in [0.3, 0.4) is 0 Å². The van der Waals surface area contributed by atoms with Gasteiger partial charge in [-0.1, -0.05) is 66.9 Å². The molecule has 2 heterocycles. The molecule has 7 nitrogen and oxygen atoms in total. The van der Waals surface area contributed by atoms with E-state index < -0.39 is 59.2 Å². The van der Waals surface area contributed by atoms with Crippen LogP contribution in [0.4, 0.5) is 8.78 Å². The largest absolute Gasteiger partial charge is 0.394 e. The Morgan fingerprint density at radius 3 is 2.71 bits per heavy atom. The maximum atomic E-state index is 15.7. The van der Waals surface area contributed by atoms with Gasteiger partial charge in [-0.2, -0.15) is 0 Å². The van der Waals surface area contributed by atoms with Gasteiger partial charge >= 0.3 is 0 Å². The Kier molecular flexibility index (Phi) is 10.1. The average Bonchev–Trinajstić information content (AvgIpc) is 3.22. The molecule has 11 heteroatoms. The van der Waals surface area contributed by atoms with Crippen LogP contribution in [0.15, 0.2) is 48.0 Å². The van der Waals surface area contributed by atoms with E-state index in [2.05, 4.69) is 24.5 Å². The van der Waals surface area contributed by atoms with Crippen LogP contribution in [0.1, 0.15) is 50.2 Å². The van der Waals surface area contributed by atoms with E-state index >= 15 is 8.78 Å². The summed E-state index contributed by atoms with van der Waals surface area (Å²) >= 11 is 12.3. The van der Waals surface area contributed by atoms with E-state index in [0.29, 0.717) is 19.6 Å². The zero-order valence-electron chi connectivity index (χ0n) is 23.1. The molecule has 1 fully saturated rings. The van der Waals surface area contributed by atoms with E-state index in [1.165, 1.54) is 24.3 Å². The van der Waals surface area contributed by atoms with Crippen molar-refractivity contribution in [3.8, 4) is 0 Å². The topological polar surface area (TPSA) is 117 Å². The fourth-order valence-electron chi connectivity index (χ4n) is 6.14. The highest BCUT2D eigenvalue weighted by Crippen LogP contribution is 2.51. The molecule has 2 aliphatic rings. The van der Waals surface area contributed by atoms with E-state index in [0.717, 1.165) is 18.1 Å². The molecule has 0 aromatic heterocycles. The lowest BCUT2D eigenvalue weighted by molar-refractivity contribution is -0.123. The van der Waals surface area contributed by atoms with Crippen molar-refractivity contribution in [1.82, 2.24) is 10.6 Å². The van der Waals surface area contributed by atoms with Crippen molar-refractivity contribution in [2.75, 3.05) is 26.4 Å². The number of hydrogen-bond acceptors (Lipinski definition) is 6. The van der Waals surface area contributed by atoms with Crippen LogP contribution < -0.4 is 16.4 Å². The second-order valence-corrected chi connectivity index (χ2v) is 12.3. The predicted octanol–water partition coefficient (Wildman–Crippen LogP) is 4.17. The van der Waals surface area contributed by atoms with Gasteiger partial charge < -0.3 is 31.3 Å². The number of nitrogens with one attached hydrogen (secondary N) is 2. The molecule has 6 N–H and O–H groups in total. The maximum absolute atomic E-state index is 15.7. The number of aliphatic hydroxyl groups excluding tert-OH is 2. The van der Waals surface area contributed by atoms with Crippen molar-refractivity contribution >= 4 is 29.1 Å². The van der Waals surface area contributed by atoms with Gasteiger partial charge in [0.1, 0.15) is 11.6 Å². The molecule has 2 aromatic carbocycles. The third-order valence-corrected chi connectivity index (χ3v) is 8.86. The standard InChI is InChI=1S/C30H37Cl2F2N3O4/c1-29(2,17-9-12-41-13-10-17)15-24-30(35,21-7-6-18(31)14-23(21)33)25(20-4-3-5-22(32)26(20)34)27(37-24)28(40)36-11-8-19(39)16-38/h3-7,9,14,19,24-25,27,37-39H,8,10-13,15-16,35H2,1-2H3,(H,36,40). The van der Waals surface area contributed by atoms with Gasteiger partial charge in [0.2, 0.25) is 5.91 Å². The monoisotopic (exact) mass is 611 g/mol. The van der Waals surface area contributed by atoms with Crippen LogP contribution >= 0.6 is 23.2 Å². The first-order valence-corrected chi connectivity index (χ1v) is 14.4. The molecule has 5 atom stereocenters. The zero-order valence-corrected chi connectivity index (χ0v) is 24.6. The molecular formula is C30H37Cl2F2N3O4. The average molecular weight is 613 g/mol. The molecule has 2 aliphatic heterocycles. The van der Waals surface area contributed by atoms with Crippen LogP contribution in [0.5, 0.6) is 0 Å². The number of nitrogens with two attached hydrogens (primary N) is 1. The van der Waals surface area contributed by atoms with Gasteiger partial charge in [0.25, 0.3) is 0 Å². The molecule has 41 heavy (non-hydrogen) atoms. The van der Waals surface area contributed by atoms with Crippen molar-refractivity contribution in [2.24, 2.45) is 11.1 Å². The molecule has 1 saturated heterocycles. The third-order valence-electron chi connectivity index (χ3n) is 8.34. The van der Waals surface area contributed by atoms with E-state index in [-0.39, 0.29) is 34.1 Å². The van der Waals surface area contributed by atoms with E-state index in [1.807, 2.05) is 6.08 Å². The number of amides is 1. The number of halogens is 4. The van der Waals surface area contributed by atoms with Crippen molar-refractivity contribution in [2.45, 2.75) is 62.8 Å². The number of benzene rings is 2. The summed E-state index contributed by atoms with van der Waals surface area (Å²) in [4.78, 5) is 13.7. The first-order chi connectivity index (χ1) is 19.4. The molecule has 5 unspecified atom stereocenters. The minimum Gasteiger partial charge on any atom is -0.394 e. The van der Waals surface area contributed by atoms with Crippen LogP contribution in [0.25, 0.3) is 0 Å². The van der Waals surface area contributed by atoms with Gasteiger partial charge in [-0.25, -0.2) is 8.78 Å². The van der Waals surface area contributed by atoms with E-state index in [9.17, 15) is 9.90 Å². The van der Waals surface area contributed by atoms with Crippen LogP contribution in [-0.4, -0.2) is 60.7 Å². The Morgan fingerprint density at radius 1 is 1.29 bits per heavy atom. The summed E-state index contributed by atoms with van der Waals surface area (Å²) < 4.78 is 37.0. The van der Waals surface area contributed by atoms with Crippen molar-refractivity contribution in [3.05, 3.63) is 80.9 Å². The summed E-state index contributed by atoms with van der Waals surface area (Å²) in [6.45, 7) is 4.78. The molecular weight excluding hydrogens is 575 g/mol. The van der Waals surface area contributed by atoms with E-state index in [1.54, 1.807) is 6.07 Å². The van der Waals surface area contributed by atoms with Crippen molar-refractivity contribution in [1.29, 1.82) is 0 Å². The number of carbonyl (C=O) groups excluding carboxylic acids is 1. The first kappa shape index (κ1) is 31.8. The molecule has 224 valence electrons. The summed E-state index contributed by atoms with van der Waals surface area (Å²) in [5, 5.41) is 25.0. The maximum Gasteiger partial charge on any atom is 0.237 e. The quantitative estimate of drug-likeness (QED) is 0.257. The lowest BCUT2D eigenvalue weighted by Gasteiger charge is -2.41. The van der Waals surface area contributed by atoms with E-state index in [4.69, 9.17) is 38.8 Å². The predicted molar refractivity (Wildman–Crippen MR) is 155 cm³/mol. The van der Waals surface area contributed by atoms with Gasteiger partial charge in [0.05, 0.1) is 42.5 Å². The molecule has 0 spiro atoms. The van der Waals surface area contributed by atoms with Crippen LogP contribution in [0, 0.1) is 17.0 Å². The number of rotatable bonds is 10. The number of aliphatic hydroxyl groups is 2. The Morgan fingerprint density at radius 2 is 2.05 bits per heavy atom. The Bertz CT molecular complexity index is 1290. The highest BCUT2D eigenvalue weighted by molar-refractivity contribution is 6.31. The molecule has 0 bridgehead atoms. The Balaban J connectivity index is 1.85. The third kappa shape index (κ3) is 6.62. The lowest BCUT2D eigenvalue weighted by atomic mass is 9.66. The first-order valence-electron chi connectivity index (χ1n) is 13.7. The number of carbonyl (C=O) groups is 1. The van der Waals surface area contributed by atoms with Crippen molar-refractivity contribution in [3.63, 3.8) is 0 Å².